The first-order chi connectivity index (χ1) is 31.7. The summed E-state index contributed by atoms with van der Waals surface area (Å²) in [6.07, 6.45) is 2.14. The molecule has 0 saturated carbocycles. The van der Waals surface area contributed by atoms with Gasteiger partial charge in [0.15, 0.2) is 17.5 Å². The predicted molar refractivity (Wildman–Crippen MR) is 263 cm³/mol. The summed E-state index contributed by atoms with van der Waals surface area (Å²) in [7, 11) is 0. The molecule has 1 aliphatic rings. The topological polar surface area (TPSA) is 43.6 Å². The number of aromatic nitrogens is 4. The first-order valence-corrected chi connectivity index (χ1v) is 22.1. The molecule has 1 aliphatic carbocycles. The molecule has 1 unspecified atom stereocenters. The van der Waals surface area contributed by atoms with Crippen molar-refractivity contribution in [1.29, 1.82) is 0 Å². The molecule has 2 aromatic heterocycles. The SMILES string of the molecule is c1ccc(CCC2c3ccccc3-c3cc(-c4cccc(-n5c6ccccc6c6cccc(-c7cccc(-c8nc(-c9ccccc9)nc(-c9ccccc9)n8)c7)c65)c4)ccc32)cc1. The molecule has 0 bridgehead atoms. The van der Waals surface area contributed by atoms with Crippen molar-refractivity contribution in [3.05, 3.63) is 241 Å². The van der Waals surface area contributed by atoms with E-state index in [9.17, 15) is 0 Å². The van der Waals surface area contributed by atoms with Crippen LogP contribution in [0.1, 0.15) is 29.0 Å². The second-order valence-electron chi connectivity index (χ2n) is 16.7. The fourth-order valence-corrected chi connectivity index (χ4v) is 9.86. The van der Waals surface area contributed by atoms with E-state index < -0.39 is 0 Å². The van der Waals surface area contributed by atoms with Crippen LogP contribution in [-0.4, -0.2) is 19.5 Å². The smallest absolute Gasteiger partial charge is 0.164 e. The first kappa shape index (κ1) is 37.5. The molecular formula is C60H42N4. The third-order valence-electron chi connectivity index (χ3n) is 12.9. The van der Waals surface area contributed by atoms with Gasteiger partial charge < -0.3 is 4.57 Å². The zero-order valence-corrected chi connectivity index (χ0v) is 35.1. The number of para-hydroxylation sites is 2. The monoisotopic (exact) mass is 818 g/mol. The van der Waals surface area contributed by atoms with E-state index in [1.54, 1.807) is 0 Å². The lowest BCUT2D eigenvalue weighted by atomic mass is 9.90. The number of fused-ring (bicyclic) bond motifs is 6. The van der Waals surface area contributed by atoms with E-state index in [1.807, 2.05) is 60.7 Å². The molecule has 0 radical (unpaired) electrons. The minimum absolute atomic E-state index is 0.378. The Hall–Kier alpha value is -8.21. The standard InChI is InChI=1S/C60H42N4/c1-4-17-40(18-5-1)33-35-51-49-27-10-11-28-50(49)55-39-44(34-36-52(51)55)43-23-15-26-47(38-43)64-56-32-13-12-29-53(56)54-31-16-30-48(57(54)64)45-24-14-25-46(37-45)60-62-58(41-19-6-2-7-20-41)61-59(63-60)42-21-8-3-9-22-42/h1-32,34,36-39,51H,33,35H2. The van der Waals surface area contributed by atoms with Gasteiger partial charge in [0.25, 0.3) is 0 Å². The van der Waals surface area contributed by atoms with E-state index in [0.29, 0.717) is 23.4 Å². The Labute approximate surface area is 372 Å². The molecule has 4 heteroatoms. The highest BCUT2D eigenvalue weighted by Crippen LogP contribution is 2.48. The van der Waals surface area contributed by atoms with Crippen molar-refractivity contribution in [2.24, 2.45) is 0 Å². The molecule has 64 heavy (non-hydrogen) atoms. The number of aryl methyl sites for hydroxylation is 1. The first-order valence-electron chi connectivity index (χ1n) is 22.1. The Morgan fingerprint density at radius 3 is 1.69 bits per heavy atom. The van der Waals surface area contributed by atoms with Crippen LogP contribution in [0, 0.1) is 0 Å². The van der Waals surface area contributed by atoms with Gasteiger partial charge in [0.05, 0.1) is 11.0 Å². The maximum absolute atomic E-state index is 5.07. The second kappa shape index (κ2) is 15.9. The minimum Gasteiger partial charge on any atom is -0.309 e. The van der Waals surface area contributed by atoms with Gasteiger partial charge in [-0.3, -0.25) is 0 Å². The summed E-state index contributed by atoms with van der Waals surface area (Å²) in [5.41, 5.74) is 17.9. The maximum atomic E-state index is 5.07. The molecule has 0 saturated heterocycles. The number of hydrogen-bond donors (Lipinski definition) is 0. The summed E-state index contributed by atoms with van der Waals surface area (Å²) >= 11 is 0. The zero-order chi connectivity index (χ0) is 42.4. The molecule has 302 valence electrons. The van der Waals surface area contributed by atoms with Crippen LogP contribution in [0.15, 0.2) is 224 Å². The van der Waals surface area contributed by atoms with E-state index in [2.05, 4.69) is 168 Å². The Balaban J connectivity index is 0.963. The second-order valence-corrected chi connectivity index (χ2v) is 16.7. The summed E-state index contributed by atoms with van der Waals surface area (Å²) in [4.78, 5) is 15.1. The molecular weight excluding hydrogens is 777 g/mol. The largest absolute Gasteiger partial charge is 0.309 e. The normalized spacial score (nSPS) is 13.0. The molecule has 0 amide bonds. The van der Waals surface area contributed by atoms with Crippen molar-refractivity contribution in [3.63, 3.8) is 0 Å². The van der Waals surface area contributed by atoms with Gasteiger partial charge in [-0.2, -0.15) is 0 Å². The predicted octanol–water partition coefficient (Wildman–Crippen LogP) is 15.0. The quantitative estimate of drug-likeness (QED) is 0.146. The summed E-state index contributed by atoms with van der Waals surface area (Å²) in [5, 5.41) is 2.42. The van der Waals surface area contributed by atoms with Crippen LogP contribution in [0.5, 0.6) is 0 Å². The van der Waals surface area contributed by atoms with Crippen LogP contribution in [0.25, 0.3) is 95.0 Å². The van der Waals surface area contributed by atoms with Gasteiger partial charge in [-0.15, -0.1) is 0 Å². The molecule has 4 nitrogen and oxygen atoms in total. The third-order valence-corrected chi connectivity index (χ3v) is 12.9. The van der Waals surface area contributed by atoms with Crippen LogP contribution in [0.2, 0.25) is 0 Å². The van der Waals surface area contributed by atoms with Crippen LogP contribution >= 0.6 is 0 Å². The lowest BCUT2D eigenvalue weighted by molar-refractivity contribution is 0.729. The van der Waals surface area contributed by atoms with E-state index in [0.717, 1.165) is 51.9 Å². The summed E-state index contributed by atoms with van der Waals surface area (Å²) in [6, 6.07) is 80.4. The lowest BCUT2D eigenvalue weighted by Crippen LogP contribution is -2.00. The number of benzene rings is 9. The van der Waals surface area contributed by atoms with E-state index >= 15 is 0 Å². The number of rotatable bonds is 9. The van der Waals surface area contributed by atoms with E-state index in [-0.39, 0.29) is 0 Å². The van der Waals surface area contributed by atoms with Gasteiger partial charge >= 0.3 is 0 Å². The summed E-state index contributed by atoms with van der Waals surface area (Å²) in [5.74, 6) is 2.30. The Morgan fingerprint density at radius 2 is 0.906 bits per heavy atom. The average molecular weight is 819 g/mol. The fourth-order valence-electron chi connectivity index (χ4n) is 9.86. The van der Waals surface area contributed by atoms with Gasteiger partial charge in [0.2, 0.25) is 0 Å². The van der Waals surface area contributed by atoms with E-state index in [4.69, 9.17) is 15.0 Å². The molecule has 2 heterocycles. The molecule has 1 atom stereocenters. The Bertz CT molecular complexity index is 3440. The van der Waals surface area contributed by atoms with Crippen LogP contribution in [0.3, 0.4) is 0 Å². The highest BCUT2D eigenvalue weighted by atomic mass is 15.0. The molecule has 0 spiro atoms. The van der Waals surface area contributed by atoms with Gasteiger partial charge in [-0.25, -0.2) is 15.0 Å². The fraction of sp³-hybridized carbons (Fsp3) is 0.0500. The van der Waals surface area contributed by atoms with Gasteiger partial charge in [0, 0.05) is 44.6 Å². The molecule has 0 N–H and O–H groups in total. The molecule has 9 aromatic carbocycles. The molecule has 0 fully saturated rings. The summed E-state index contributed by atoms with van der Waals surface area (Å²) in [6.45, 7) is 0. The third kappa shape index (κ3) is 6.68. The van der Waals surface area contributed by atoms with Gasteiger partial charge in [-0.1, -0.05) is 194 Å². The molecule has 11 aromatic rings. The van der Waals surface area contributed by atoms with Crippen molar-refractivity contribution in [2.75, 3.05) is 0 Å². The Kier molecular flexibility index (Phi) is 9.34. The maximum Gasteiger partial charge on any atom is 0.164 e. The van der Waals surface area contributed by atoms with Crippen LogP contribution in [-0.2, 0) is 6.42 Å². The van der Waals surface area contributed by atoms with Crippen molar-refractivity contribution in [2.45, 2.75) is 18.8 Å². The lowest BCUT2D eigenvalue weighted by Gasteiger charge is -2.15. The minimum atomic E-state index is 0.378. The van der Waals surface area contributed by atoms with Gasteiger partial charge in [-0.05, 0) is 87.7 Å². The van der Waals surface area contributed by atoms with Crippen molar-refractivity contribution >= 4 is 21.8 Å². The van der Waals surface area contributed by atoms with Crippen molar-refractivity contribution in [3.8, 4) is 73.2 Å². The highest BCUT2D eigenvalue weighted by molar-refractivity contribution is 6.14. The number of hydrogen-bond acceptors (Lipinski definition) is 3. The van der Waals surface area contributed by atoms with Crippen molar-refractivity contribution in [1.82, 2.24) is 19.5 Å². The molecule has 12 rings (SSSR count). The summed E-state index contributed by atoms with van der Waals surface area (Å²) < 4.78 is 2.45. The van der Waals surface area contributed by atoms with Crippen LogP contribution in [0.4, 0.5) is 0 Å². The zero-order valence-electron chi connectivity index (χ0n) is 35.1. The van der Waals surface area contributed by atoms with E-state index in [1.165, 1.54) is 55.2 Å². The average Bonchev–Trinajstić information content (AvgIpc) is 3.89. The highest BCUT2D eigenvalue weighted by Gasteiger charge is 2.28. The number of nitrogens with zero attached hydrogens (tertiary/aromatic N) is 4. The molecule has 0 aliphatic heterocycles. The van der Waals surface area contributed by atoms with Gasteiger partial charge in [0.1, 0.15) is 0 Å². The van der Waals surface area contributed by atoms with Crippen molar-refractivity contribution < 1.29 is 0 Å². The van der Waals surface area contributed by atoms with Crippen LogP contribution < -0.4 is 0 Å². The Morgan fingerprint density at radius 1 is 0.359 bits per heavy atom.